The van der Waals surface area contributed by atoms with Crippen LogP contribution in [0.15, 0.2) is 0 Å². The van der Waals surface area contributed by atoms with Gasteiger partial charge in [-0.25, -0.2) is 0 Å². The minimum Gasteiger partial charge on any atom is -0.388 e. The van der Waals surface area contributed by atoms with Gasteiger partial charge in [0.05, 0.1) is 19.1 Å². The van der Waals surface area contributed by atoms with Crippen LogP contribution in [0.4, 0.5) is 0 Å². The number of hydrogen-bond acceptors (Lipinski definition) is 6. The van der Waals surface area contributed by atoms with Gasteiger partial charge in [0.15, 0.2) is 0 Å². The molecule has 0 aromatic carbocycles. The van der Waals surface area contributed by atoms with E-state index in [2.05, 4.69) is 15.5 Å². The SMILES string of the molecule is CC(=O)NC[C@@H]1O[C@@H](CC(=O)N2CCN(C3CCCC[NH2+]3)CC2)[C@H](O)[C@@H]1O. The van der Waals surface area contributed by atoms with Crippen molar-refractivity contribution in [2.24, 2.45) is 0 Å². The fourth-order valence-corrected chi connectivity index (χ4v) is 4.27. The number of carbonyl (C=O) groups is 2. The van der Waals surface area contributed by atoms with Crippen molar-refractivity contribution >= 4 is 11.8 Å². The van der Waals surface area contributed by atoms with Gasteiger partial charge in [-0.3, -0.25) is 14.5 Å². The van der Waals surface area contributed by atoms with Gasteiger partial charge in [0.25, 0.3) is 0 Å². The number of nitrogens with one attached hydrogen (secondary N) is 1. The molecule has 0 bridgehead atoms. The Morgan fingerprint density at radius 1 is 1.11 bits per heavy atom. The Morgan fingerprint density at radius 3 is 2.44 bits per heavy atom. The van der Waals surface area contributed by atoms with Gasteiger partial charge in [0.2, 0.25) is 11.8 Å². The molecule has 3 saturated heterocycles. The first-order valence-corrected chi connectivity index (χ1v) is 10.1. The zero-order valence-corrected chi connectivity index (χ0v) is 16.0. The lowest BCUT2D eigenvalue weighted by atomic mass is 10.0. The lowest BCUT2D eigenvalue weighted by Gasteiger charge is -2.39. The number of rotatable bonds is 5. The van der Waals surface area contributed by atoms with E-state index in [0.29, 0.717) is 19.3 Å². The summed E-state index contributed by atoms with van der Waals surface area (Å²) in [4.78, 5) is 27.9. The number of carbonyl (C=O) groups excluding carboxylic acids is 2. The van der Waals surface area contributed by atoms with Gasteiger partial charge in [-0.15, -0.1) is 0 Å². The Morgan fingerprint density at radius 2 is 1.81 bits per heavy atom. The standard InChI is InChI=1S/C18H32N4O5/c1-12(23)20-11-14-18(26)17(25)13(27-14)10-16(24)22-8-6-21(7-9-22)15-4-2-3-5-19-15/h13-15,17-19,25-26H,2-11H2,1H3,(H,20,23)/p+1/t13-,14-,15?,17-,18+/m0/s1. The number of amides is 2. The maximum atomic E-state index is 12.6. The normalized spacial score (nSPS) is 35.2. The molecule has 3 heterocycles. The van der Waals surface area contributed by atoms with Crippen LogP contribution < -0.4 is 10.6 Å². The van der Waals surface area contributed by atoms with Crippen molar-refractivity contribution in [3.63, 3.8) is 0 Å². The molecule has 5 N–H and O–H groups in total. The van der Waals surface area contributed by atoms with Crippen LogP contribution in [0.5, 0.6) is 0 Å². The molecule has 3 aliphatic rings. The molecule has 9 heteroatoms. The lowest BCUT2D eigenvalue weighted by molar-refractivity contribution is -0.717. The second kappa shape index (κ2) is 9.29. The summed E-state index contributed by atoms with van der Waals surface area (Å²) in [6.07, 6.45) is 0.705. The Bertz CT molecular complexity index is 520. The molecule has 0 aromatic heterocycles. The van der Waals surface area contributed by atoms with Crippen molar-refractivity contribution in [2.75, 3.05) is 39.3 Å². The van der Waals surface area contributed by atoms with E-state index < -0.39 is 24.4 Å². The van der Waals surface area contributed by atoms with Crippen molar-refractivity contribution in [1.29, 1.82) is 0 Å². The molecule has 9 nitrogen and oxygen atoms in total. The summed E-state index contributed by atoms with van der Waals surface area (Å²) in [5.41, 5.74) is 0. The average molecular weight is 385 g/mol. The molecule has 0 spiro atoms. The van der Waals surface area contributed by atoms with Gasteiger partial charge in [-0.1, -0.05) is 0 Å². The first kappa shape index (κ1) is 20.5. The quantitative estimate of drug-likeness (QED) is 0.407. The van der Waals surface area contributed by atoms with Crippen molar-refractivity contribution in [3.05, 3.63) is 0 Å². The summed E-state index contributed by atoms with van der Waals surface area (Å²) in [5, 5.41) is 25.2. The number of ether oxygens (including phenoxy) is 1. The Hall–Kier alpha value is -1.26. The first-order valence-electron chi connectivity index (χ1n) is 10.1. The number of piperazine rings is 1. The van der Waals surface area contributed by atoms with Crippen LogP contribution in [-0.4, -0.2) is 102 Å². The largest absolute Gasteiger partial charge is 0.388 e. The van der Waals surface area contributed by atoms with Crippen LogP contribution in [0, 0.1) is 0 Å². The number of nitrogens with two attached hydrogens (primary N) is 1. The molecule has 154 valence electrons. The van der Waals surface area contributed by atoms with E-state index in [-0.39, 0.29) is 24.8 Å². The summed E-state index contributed by atoms with van der Waals surface area (Å²) < 4.78 is 5.64. The van der Waals surface area contributed by atoms with Crippen LogP contribution >= 0.6 is 0 Å². The zero-order chi connectivity index (χ0) is 19.4. The van der Waals surface area contributed by atoms with Crippen LogP contribution in [0.2, 0.25) is 0 Å². The molecule has 0 saturated carbocycles. The monoisotopic (exact) mass is 385 g/mol. The van der Waals surface area contributed by atoms with Crippen molar-refractivity contribution in [3.8, 4) is 0 Å². The molecule has 3 fully saturated rings. The summed E-state index contributed by atoms with van der Waals surface area (Å²) in [6, 6.07) is 0. The van der Waals surface area contributed by atoms with E-state index in [0.717, 1.165) is 13.1 Å². The Kier molecular flexibility index (Phi) is 7.04. The van der Waals surface area contributed by atoms with Gasteiger partial charge < -0.3 is 30.5 Å². The highest BCUT2D eigenvalue weighted by atomic mass is 16.5. The van der Waals surface area contributed by atoms with Crippen LogP contribution in [-0.2, 0) is 14.3 Å². The average Bonchev–Trinajstić information content (AvgIpc) is 2.95. The number of hydrogen-bond donors (Lipinski definition) is 4. The van der Waals surface area contributed by atoms with Crippen LogP contribution in [0.25, 0.3) is 0 Å². The molecular weight excluding hydrogens is 352 g/mol. The summed E-state index contributed by atoms with van der Waals surface area (Å²) in [6.45, 7) is 5.79. The summed E-state index contributed by atoms with van der Waals surface area (Å²) in [5.74, 6) is -0.286. The molecule has 0 aromatic rings. The van der Waals surface area contributed by atoms with E-state index >= 15 is 0 Å². The molecule has 0 aliphatic carbocycles. The highest BCUT2D eigenvalue weighted by molar-refractivity contribution is 5.77. The van der Waals surface area contributed by atoms with Gasteiger partial charge in [-0.05, 0) is 12.8 Å². The second-order valence-electron chi connectivity index (χ2n) is 7.84. The van der Waals surface area contributed by atoms with Crippen molar-refractivity contribution in [1.82, 2.24) is 15.1 Å². The first-order chi connectivity index (χ1) is 13.0. The predicted octanol–water partition coefficient (Wildman–Crippen LogP) is -2.78. The fourth-order valence-electron chi connectivity index (χ4n) is 4.27. The summed E-state index contributed by atoms with van der Waals surface area (Å²) in [7, 11) is 0. The molecule has 2 amide bonds. The molecule has 3 aliphatic heterocycles. The third kappa shape index (κ3) is 5.17. The molecule has 5 atom stereocenters. The third-order valence-corrected chi connectivity index (χ3v) is 5.92. The van der Waals surface area contributed by atoms with Gasteiger partial charge in [-0.2, -0.15) is 0 Å². The number of quaternary nitrogens is 1. The lowest BCUT2D eigenvalue weighted by Crippen LogP contribution is -2.95. The topological polar surface area (TPSA) is 119 Å². The minimum absolute atomic E-state index is 0.0460. The molecule has 3 rings (SSSR count). The van der Waals surface area contributed by atoms with E-state index in [9.17, 15) is 19.8 Å². The van der Waals surface area contributed by atoms with Crippen LogP contribution in [0.1, 0.15) is 32.6 Å². The zero-order valence-electron chi connectivity index (χ0n) is 16.0. The molecule has 27 heavy (non-hydrogen) atoms. The highest BCUT2D eigenvalue weighted by Gasteiger charge is 2.44. The minimum atomic E-state index is -1.12. The molecule has 0 radical (unpaired) electrons. The molecular formula is C18H33N4O5+. The second-order valence-corrected chi connectivity index (χ2v) is 7.84. The Balaban J connectivity index is 1.44. The summed E-state index contributed by atoms with van der Waals surface area (Å²) >= 11 is 0. The third-order valence-electron chi connectivity index (χ3n) is 5.92. The maximum absolute atomic E-state index is 12.6. The van der Waals surface area contributed by atoms with Crippen molar-refractivity contribution < 1.29 is 29.9 Å². The van der Waals surface area contributed by atoms with Gasteiger partial charge in [0, 0.05) is 46.1 Å². The van der Waals surface area contributed by atoms with E-state index in [1.165, 1.54) is 32.7 Å². The number of aliphatic hydroxyl groups excluding tert-OH is 2. The highest BCUT2D eigenvalue weighted by Crippen LogP contribution is 2.24. The predicted molar refractivity (Wildman–Crippen MR) is 96.6 cm³/mol. The van der Waals surface area contributed by atoms with E-state index in [1.54, 1.807) is 0 Å². The number of aliphatic hydroxyl groups is 2. The number of nitrogens with zero attached hydrogens (tertiary/aromatic N) is 2. The van der Waals surface area contributed by atoms with Crippen LogP contribution in [0.3, 0.4) is 0 Å². The van der Waals surface area contributed by atoms with E-state index in [4.69, 9.17) is 4.74 Å². The van der Waals surface area contributed by atoms with E-state index in [1.807, 2.05) is 4.90 Å². The number of piperidine rings is 1. The Labute approximate surface area is 160 Å². The fraction of sp³-hybridized carbons (Fsp3) is 0.889. The van der Waals surface area contributed by atoms with Gasteiger partial charge in [0.1, 0.15) is 24.5 Å². The smallest absolute Gasteiger partial charge is 0.225 e. The maximum Gasteiger partial charge on any atom is 0.225 e. The van der Waals surface area contributed by atoms with Gasteiger partial charge >= 0.3 is 0 Å². The molecule has 1 unspecified atom stereocenters. The van der Waals surface area contributed by atoms with Crippen molar-refractivity contribution in [2.45, 2.75) is 63.2 Å².